The van der Waals surface area contributed by atoms with E-state index in [2.05, 4.69) is 13.8 Å². The van der Waals surface area contributed by atoms with Crippen LogP contribution in [0.2, 0.25) is 0 Å². The van der Waals surface area contributed by atoms with Gasteiger partial charge in [0.2, 0.25) is 0 Å². The molecule has 2 nitrogen and oxygen atoms in total. The maximum absolute atomic E-state index is 11.3. The molecule has 3 atom stereocenters. The number of aliphatic hydroxyl groups excluding tert-OH is 1. The smallest absolute Gasteiger partial charge is 0.155 e. The summed E-state index contributed by atoms with van der Waals surface area (Å²) in [4.78, 5) is 11.3. The van der Waals surface area contributed by atoms with E-state index >= 15 is 0 Å². The minimum Gasteiger partial charge on any atom is -0.389 e. The third kappa shape index (κ3) is 1.33. The summed E-state index contributed by atoms with van der Waals surface area (Å²) < 4.78 is 0. The van der Waals surface area contributed by atoms with Crippen molar-refractivity contribution < 1.29 is 9.90 Å². The summed E-state index contributed by atoms with van der Waals surface area (Å²) in [7, 11) is 0. The van der Waals surface area contributed by atoms with Gasteiger partial charge in [-0.1, -0.05) is 13.8 Å². The van der Waals surface area contributed by atoms with Gasteiger partial charge in [-0.3, -0.25) is 4.79 Å². The average Bonchev–Trinajstić information content (AvgIpc) is 2.16. The largest absolute Gasteiger partial charge is 0.389 e. The van der Waals surface area contributed by atoms with E-state index in [1.807, 2.05) is 0 Å². The van der Waals surface area contributed by atoms with Gasteiger partial charge in [-0.15, -0.1) is 0 Å². The highest BCUT2D eigenvalue weighted by molar-refractivity contribution is 5.91. The Morgan fingerprint density at radius 3 is 2.93 bits per heavy atom. The Hall–Kier alpha value is -0.630. The molecule has 0 bridgehead atoms. The van der Waals surface area contributed by atoms with E-state index in [4.69, 9.17) is 0 Å². The molecule has 0 radical (unpaired) electrons. The maximum atomic E-state index is 11.3. The number of ketones is 1. The number of carbonyl (C=O) groups excluding carboxylic acids is 1. The Bertz CT molecular complexity index is 293. The molecule has 0 saturated heterocycles. The monoisotopic (exact) mass is 194 g/mol. The Morgan fingerprint density at radius 1 is 1.50 bits per heavy atom. The molecule has 0 aromatic carbocycles. The molecule has 0 aromatic heterocycles. The highest BCUT2D eigenvalue weighted by atomic mass is 16.3. The minimum atomic E-state index is -0.375. The summed E-state index contributed by atoms with van der Waals surface area (Å²) in [6.07, 6.45) is 4.77. The van der Waals surface area contributed by atoms with Crippen molar-refractivity contribution in [3.63, 3.8) is 0 Å². The van der Waals surface area contributed by atoms with E-state index < -0.39 is 0 Å². The first kappa shape index (κ1) is 9.91. The highest BCUT2D eigenvalue weighted by Gasteiger charge is 2.43. The van der Waals surface area contributed by atoms with Crippen molar-refractivity contribution in [3.05, 3.63) is 11.6 Å². The SMILES string of the molecule is C[C@H]1CC[C@H](O)C2=CC(=O)CC[C@@]21C. The van der Waals surface area contributed by atoms with Gasteiger partial charge in [-0.2, -0.15) is 0 Å². The number of hydrogen-bond acceptors (Lipinski definition) is 2. The van der Waals surface area contributed by atoms with E-state index in [0.29, 0.717) is 12.3 Å². The zero-order chi connectivity index (χ0) is 10.3. The lowest BCUT2D eigenvalue weighted by Crippen LogP contribution is -2.41. The van der Waals surface area contributed by atoms with Crippen LogP contribution in [0.15, 0.2) is 11.6 Å². The molecular weight excluding hydrogens is 176 g/mol. The predicted octanol–water partition coefficient (Wildman–Crippen LogP) is 2.07. The standard InChI is InChI=1S/C12H18O2/c1-8-3-4-11(14)10-7-9(13)5-6-12(8,10)2/h7-8,11,14H,3-6H2,1-2H3/t8-,11-,12+/m0/s1. The van der Waals surface area contributed by atoms with Crippen molar-refractivity contribution in [2.75, 3.05) is 0 Å². The lowest BCUT2D eigenvalue weighted by molar-refractivity contribution is -0.116. The summed E-state index contributed by atoms with van der Waals surface area (Å²) >= 11 is 0. The van der Waals surface area contributed by atoms with Gasteiger partial charge in [-0.05, 0) is 42.2 Å². The van der Waals surface area contributed by atoms with Gasteiger partial charge in [-0.25, -0.2) is 0 Å². The number of carbonyl (C=O) groups is 1. The molecule has 2 heteroatoms. The molecule has 0 amide bonds. The molecule has 0 spiro atoms. The molecule has 0 heterocycles. The van der Waals surface area contributed by atoms with E-state index in [-0.39, 0.29) is 17.3 Å². The lowest BCUT2D eigenvalue weighted by atomic mass is 9.60. The van der Waals surface area contributed by atoms with Crippen LogP contribution in [-0.4, -0.2) is 17.0 Å². The van der Waals surface area contributed by atoms with Gasteiger partial charge >= 0.3 is 0 Å². The molecule has 0 aliphatic heterocycles. The quantitative estimate of drug-likeness (QED) is 0.641. The number of rotatable bonds is 0. The summed E-state index contributed by atoms with van der Waals surface area (Å²) in [5, 5.41) is 9.88. The predicted molar refractivity (Wildman–Crippen MR) is 54.8 cm³/mol. The number of aliphatic hydroxyl groups is 1. The molecule has 78 valence electrons. The molecule has 0 unspecified atom stereocenters. The Kier molecular flexibility index (Phi) is 2.26. The fourth-order valence-corrected chi connectivity index (χ4v) is 2.83. The first-order chi connectivity index (χ1) is 6.54. The fraction of sp³-hybridized carbons (Fsp3) is 0.750. The zero-order valence-electron chi connectivity index (χ0n) is 8.92. The second kappa shape index (κ2) is 3.20. The van der Waals surface area contributed by atoms with Crippen molar-refractivity contribution in [2.24, 2.45) is 11.3 Å². The second-order valence-corrected chi connectivity index (χ2v) is 4.98. The number of fused-ring (bicyclic) bond motifs is 1. The van der Waals surface area contributed by atoms with Crippen molar-refractivity contribution in [2.45, 2.75) is 45.6 Å². The highest BCUT2D eigenvalue weighted by Crippen LogP contribution is 2.49. The van der Waals surface area contributed by atoms with E-state index in [1.54, 1.807) is 6.08 Å². The van der Waals surface area contributed by atoms with Crippen LogP contribution >= 0.6 is 0 Å². The van der Waals surface area contributed by atoms with Crippen LogP contribution in [0.3, 0.4) is 0 Å². The van der Waals surface area contributed by atoms with Gasteiger partial charge < -0.3 is 5.11 Å². The van der Waals surface area contributed by atoms with Gasteiger partial charge in [0.1, 0.15) is 0 Å². The van der Waals surface area contributed by atoms with Crippen molar-refractivity contribution in [1.82, 2.24) is 0 Å². The zero-order valence-corrected chi connectivity index (χ0v) is 8.92. The van der Waals surface area contributed by atoms with Crippen LogP contribution in [0.1, 0.15) is 39.5 Å². The van der Waals surface area contributed by atoms with Crippen molar-refractivity contribution >= 4 is 5.78 Å². The second-order valence-electron chi connectivity index (χ2n) is 4.98. The van der Waals surface area contributed by atoms with Crippen LogP contribution in [0.5, 0.6) is 0 Å². The first-order valence-corrected chi connectivity index (χ1v) is 5.47. The fourth-order valence-electron chi connectivity index (χ4n) is 2.83. The molecule has 1 N–H and O–H groups in total. The molecule has 2 rings (SSSR count). The summed E-state index contributed by atoms with van der Waals surface area (Å²) in [6, 6.07) is 0. The van der Waals surface area contributed by atoms with E-state index in [1.165, 1.54) is 0 Å². The van der Waals surface area contributed by atoms with Gasteiger partial charge in [0.15, 0.2) is 5.78 Å². The third-order valence-corrected chi connectivity index (χ3v) is 4.19. The van der Waals surface area contributed by atoms with Crippen molar-refractivity contribution in [1.29, 1.82) is 0 Å². The first-order valence-electron chi connectivity index (χ1n) is 5.47. The van der Waals surface area contributed by atoms with E-state index in [0.717, 1.165) is 24.8 Å². The molecule has 2 aliphatic rings. The summed E-state index contributed by atoms with van der Waals surface area (Å²) in [5.41, 5.74) is 1.07. The Labute approximate surface area is 85.0 Å². The van der Waals surface area contributed by atoms with Crippen LogP contribution in [0.4, 0.5) is 0 Å². The molecule has 0 aromatic rings. The third-order valence-electron chi connectivity index (χ3n) is 4.19. The van der Waals surface area contributed by atoms with Gasteiger partial charge in [0.05, 0.1) is 6.10 Å². The van der Waals surface area contributed by atoms with Crippen LogP contribution in [0.25, 0.3) is 0 Å². The topological polar surface area (TPSA) is 37.3 Å². The normalized spacial score (nSPS) is 43.1. The Morgan fingerprint density at radius 2 is 2.21 bits per heavy atom. The summed E-state index contributed by atoms with van der Waals surface area (Å²) in [6.45, 7) is 4.42. The number of allylic oxidation sites excluding steroid dienone is 1. The lowest BCUT2D eigenvalue weighted by Gasteiger charge is -2.46. The number of hydrogen-bond donors (Lipinski definition) is 1. The van der Waals surface area contributed by atoms with E-state index in [9.17, 15) is 9.90 Å². The Balaban J connectivity index is 2.40. The van der Waals surface area contributed by atoms with Crippen LogP contribution in [0, 0.1) is 11.3 Å². The van der Waals surface area contributed by atoms with Gasteiger partial charge in [0, 0.05) is 6.42 Å². The van der Waals surface area contributed by atoms with Crippen LogP contribution in [-0.2, 0) is 4.79 Å². The van der Waals surface area contributed by atoms with Gasteiger partial charge in [0.25, 0.3) is 0 Å². The van der Waals surface area contributed by atoms with Crippen LogP contribution < -0.4 is 0 Å². The summed E-state index contributed by atoms with van der Waals surface area (Å²) in [5.74, 6) is 0.774. The molecule has 2 aliphatic carbocycles. The van der Waals surface area contributed by atoms with Crippen molar-refractivity contribution in [3.8, 4) is 0 Å². The molecule has 14 heavy (non-hydrogen) atoms. The molecular formula is C12H18O2. The maximum Gasteiger partial charge on any atom is 0.155 e. The average molecular weight is 194 g/mol. The minimum absolute atomic E-state index is 0.0750. The molecule has 1 fully saturated rings. The molecule has 1 saturated carbocycles.